The van der Waals surface area contributed by atoms with Gasteiger partial charge in [0.1, 0.15) is 5.75 Å². The third kappa shape index (κ3) is 4.74. The molecule has 0 fully saturated rings. The van der Waals surface area contributed by atoms with Crippen LogP contribution in [-0.4, -0.2) is 28.0 Å². The number of hydrogen-bond donors (Lipinski definition) is 1. The van der Waals surface area contributed by atoms with Crippen LogP contribution >= 0.6 is 0 Å². The minimum absolute atomic E-state index is 0.0382. The lowest BCUT2D eigenvalue weighted by Crippen LogP contribution is -2.26. The summed E-state index contributed by atoms with van der Waals surface area (Å²) in [6, 6.07) is 19.7. The lowest BCUT2D eigenvalue weighted by molar-refractivity contribution is -0.0501. The molecule has 0 bridgehead atoms. The Morgan fingerprint density at radius 2 is 1.63 bits per heavy atom. The summed E-state index contributed by atoms with van der Waals surface area (Å²) in [7, 11) is -2.46. The maximum atomic E-state index is 12.9. The lowest BCUT2D eigenvalue weighted by atomic mass is 10.2. The maximum absolute atomic E-state index is 12.9. The highest BCUT2D eigenvalue weighted by Gasteiger charge is 2.22. The first-order valence-electron chi connectivity index (χ1n) is 8.78. The van der Waals surface area contributed by atoms with Gasteiger partial charge >= 0.3 is 6.61 Å². The molecule has 0 aliphatic carbocycles. The van der Waals surface area contributed by atoms with Crippen molar-refractivity contribution in [3.8, 4) is 5.75 Å². The largest absolute Gasteiger partial charge is 0.434 e. The Morgan fingerprint density at radius 1 is 0.967 bits per heavy atom. The summed E-state index contributed by atoms with van der Waals surface area (Å²) in [5.41, 5.74) is 0.562. The normalized spacial score (nSPS) is 11.2. The van der Waals surface area contributed by atoms with Crippen LogP contribution in [0.3, 0.4) is 0 Å². The van der Waals surface area contributed by atoms with Gasteiger partial charge in [0.25, 0.3) is 15.9 Å². The molecular formula is C21H18F2N2O4S. The van der Waals surface area contributed by atoms with E-state index in [9.17, 15) is 22.0 Å². The zero-order valence-electron chi connectivity index (χ0n) is 15.8. The van der Waals surface area contributed by atoms with Crippen molar-refractivity contribution in [2.45, 2.75) is 11.5 Å². The Hall–Kier alpha value is -3.46. The zero-order chi connectivity index (χ0) is 21.7. The summed E-state index contributed by atoms with van der Waals surface area (Å²) in [5, 5.41) is 2.52. The SMILES string of the molecule is CN(c1ccccc1)S(=O)(=O)c1cccc(NC(=O)c2ccccc2OC(F)F)c1. The highest BCUT2D eigenvalue weighted by molar-refractivity contribution is 7.92. The van der Waals surface area contributed by atoms with E-state index in [4.69, 9.17) is 0 Å². The molecule has 3 aromatic rings. The average molecular weight is 432 g/mol. The van der Waals surface area contributed by atoms with E-state index in [-0.39, 0.29) is 21.9 Å². The number of benzene rings is 3. The van der Waals surface area contributed by atoms with Gasteiger partial charge in [0.2, 0.25) is 0 Å². The van der Waals surface area contributed by atoms with Gasteiger partial charge in [-0.1, -0.05) is 36.4 Å². The standard InChI is InChI=1S/C21H18F2N2O4S/c1-25(16-9-3-2-4-10-16)30(27,28)17-11-7-8-15(14-17)24-20(26)18-12-5-6-13-19(18)29-21(22)23/h2-14,21H,1H3,(H,24,26). The Kier molecular flexibility index (Phi) is 6.31. The Labute approximate surface area is 172 Å². The van der Waals surface area contributed by atoms with E-state index in [2.05, 4.69) is 10.1 Å². The second kappa shape index (κ2) is 8.91. The van der Waals surface area contributed by atoms with Crippen molar-refractivity contribution in [3.63, 3.8) is 0 Å². The monoisotopic (exact) mass is 432 g/mol. The highest BCUT2D eigenvalue weighted by atomic mass is 32.2. The molecule has 0 aliphatic heterocycles. The summed E-state index contributed by atoms with van der Waals surface area (Å²) in [6.07, 6.45) is 0. The summed E-state index contributed by atoms with van der Waals surface area (Å²) in [6.45, 7) is -3.08. The van der Waals surface area contributed by atoms with Gasteiger partial charge in [0.15, 0.2) is 0 Å². The molecule has 1 amide bonds. The number of para-hydroxylation sites is 2. The van der Waals surface area contributed by atoms with Gasteiger partial charge in [0, 0.05) is 12.7 Å². The van der Waals surface area contributed by atoms with E-state index in [1.54, 1.807) is 30.3 Å². The third-order valence-electron chi connectivity index (χ3n) is 4.22. The number of carbonyl (C=O) groups is 1. The molecule has 0 heterocycles. The fourth-order valence-electron chi connectivity index (χ4n) is 2.72. The number of rotatable bonds is 7. The molecule has 0 unspecified atom stereocenters. The number of anilines is 2. The fraction of sp³-hybridized carbons (Fsp3) is 0.0952. The van der Waals surface area contributed by atoms with Gasteiger partial charge in [0.05, 0.1) is 16.1 Å². The number of ether oxygens (including phenoxy) is 1. The van der Waals surface area contributed by atoms with Crippen molar-refractivity contribution >= 4 is 27.3 Å². The number of alkyl halides is 2. The molecule has 156 valence electrons. The fourth-order valence-corrected chi connectivity index (χ4v) is 3.96. The predicted octanol–water partition coefficient (Wildman–Crippen LogP) is 4.37. The van der Waals surface area contributed by atoms with Crippen LogP contribution in [0, 0.1) is 0 Å². The van der Waals surface area contributed by atoms with Crippen LogP contribution < -0.4 is 14.4 Å². The van der Waals surface area contributed by atoms with E-state index in [0.29, 0.717) is 5.69 Å². The first-order valence-corrected chi connectivity index (χ1v) is 10.2. The average Bonchev–Trinajstić information content (AvgIpc) is 2.74. The highest BCUT2D eigenvalue weighted by Crippen LogP contribution is 2.25. The quantitative estimate of drug-likeness (QED) is 0.602. The number of sulfonamides is 1. The van der Waals surface area contributed by atoms with Gasteiger partial charge in [-0.25, -0.2) is 8.42 Å². The molecule has 0 atom stereocenters. The second-order valence-corrected chi connectivity index (χ2v) is 8.13. The van der Waals surface area contributed by atoms with E-state index < -0.39 is 22.5 Å². The van der Waals surface area contributed by atoms with Gasteiger partial charge in [-0.2, -0.15) is 8.78 Å². The first-order chi connectivity index (χ1) is 14.3. The van der Waals surface area contributed by atoms with Crippen LogP contribution in [0.25, 0.3) is 0 Å². The van der Waals surface area contributed by atoms with Gasteiger partial charge in [-0.05, 0) is 42.5 Å². The Bertz CT molecular complexity index is 1140. The molecule has 6 nitrogen and oxygen atoms in total. The molecule has 0 spiro atoms. The zero-order valence-corrected chi connectivity index (χ0v) is 16.6. The number of halogens is 2. The minimum atomic E-state index is -3.88. The molecule has 30 heavy (non-hydrogen) atoms. The molecule has 0 saturated carbocycles. The smallest absolute Gasteiger partial charge is 0.387 e. The molecule has 1 N–H and O–H groups in total. The van der Waals surface area contributed by atoms with Crippen molar-refractivity contribution in [1.82, 2.24) is 0 Å². The van der Waals surface area contributed by atoms with Crippen molar-refractivity contribution in [2.24, 2.45) is 0 Å². The predicted molar refractivity (Wildman–Crippen MR) is 110 cm³/mol. The summed E-state index contributed by atoms with van der Waals surface area (Å²) >= 11 is 0. The van der Waals surface area contributed by atoms with Crippen LogP contribution in [0.15, 0.2) is 83.8 Å². The van der Waals surface area contributed by atoms with Crippen LogP contribution in [-0.2, 0) is 10.0 Å². The molecule has 0 aliphatic rings. The number of nitrogens with zero attached hydrogens (tertiary/aromatic N) is 1. The minimum Gasteiger partial charge on any atom is -0.434 e. The molecular weight excluding hydrogens is 414 g/mol. The summed E-state index contributed by atoms with van der Waals surface area (Å²) in [4.78, 5) is 12.5. The van der Waals surface area contributed by atoms with E-state index >= 15 is 0 Å². The topological polar surface area (TPSA) is 75.7 Å². The van der Waals surface area contributed by atoms with Crippen molar-refractivity contribution in [3.05, 3.63) is 84.4 Å². The van der Waals surface area contributed by atoms with Crippen LogP contribution in [0.5, 0.6) is 5.75 Å². The van der Waals surface area contributed by atoms with E-state index in [0.717, 1.165) is 4.31 Å². The van der Waals surface area contributed by atoms with Gasteiger partial charge < -0.3 is 10.1 Å². The van der Waals surface area contributed by atoms with Crippen LogP contribution in [0.4, 0.5) is 20.2 Å². The van der Waals surface area contributed by atoms with Crippen molar-refractivity contribution < 1.29 is 26.7 Å². The Balaban J connectivity index is 1.85. The summed E-state index contributed by atoms with van der Waals surface area (Å²) < 4.78 is 56.5. The molecule has 0 radical (unpaired) electrons. The van der Waals surface area contributed by atoms with E-state index in [1.807, 2.05) is 0 Å². The van der Waals surface area contributed by atoms with Gasteiger partial charge in [-0.3, -0.25) is 9.10 Å². The van der Waals surface area contributed by atoms with Crippen LogP contribution in [0.1, 0.15) is 10.4 Å². The van der Waals surface area contributed by atoms with Crippen LogP contribution in [0.2, 0.25) is 0 Å². The Morgan fingerprint density at radius 3 is 2.33 bits per heavy atom. The maximum Gasteiger partial charge on any atom is 0.387 e. The number of carbonyl (C=O) groups excluding carboxylic acids is 1. The molecule has 9 heteroatoms. The molecule has 3 aromatic carbocycles. The molecule has 0 saturated heterocycles. The van der Waals surface area contributed by atoms with Crippen molar-refractivity contribution in [2.75, 3.05) is 16.7 Å². The third-order valence-corrected chi connectivity index (χ3v) is 6.00. The first kappa shape index (κ1) is 21.3. The summed E-state index contributed by atoms with van der Waals surface area (Å²) in [5.74, 6) is -0.991. The lowest BCUT2D eigenvalue weighted by Gasteiger charge is -2.20. The number of amides is 1. The molecule has 0 aromatic heterocycles. The van der Waals surface area contributed by atoms with Gasteiger partial charge in [-0.15, -0.1) is 0 Å². The number of hydrogen-bond acceptors (Lipinski definition) is 4. The number of nitrogens with one attached hydrogen (secondary N) is 1. The molecule has 3 rings (SSSR count). The second-order valence-electron chi connectivity index (χ2n) is 6.16. The van der Waals surface area contributed by atoms with Crippen molar-refractivity contribution in [1.29, 1.82) is 0 Å². The van der Waals surface area contributed by atoms with E-state index in [1.165, 1.54) is 55.6 Å².